The van der Waals surface area contributed by atoms with E-state index in [0.717, 1.165) is 5.69 Å². The SMILES string of the molecule is CCOC(=O)[C@@H]1C[C@](C)(/C=N/N(C)C)c2cc(C)ccc2N1. The Hall–Kier alpha value is -2.04. The van der Waals surface area contributed by atoms with Crippen LogP contribution in [0.1, 0.15) is 31.4 Å². The van der Waals surface area contributed by atoms with Gasteiger partial charge < -0.3 is 15.1 Å². The van der Waals surface area contributed by atoms with Crippen LogP contribution in [0.2, 0.25) is 0 Å². The minimum Gasteiger partial charge on any atom is -0.464 e. The zero-order valence-electron chi connectivity index (χ0n) is 14.0. The first kappa shape index (κ1) is 16.3. The zero-order chi connectivity index (χ0) is 16.3. The second kappa shape index (κ2) is 6.38. The maximum absolute atomic E-state index is 12.2. The Morgan fingerprint density at radius 3 is 2.91 bits per heavy atom. The molecule has 0 radical (unpaired) electrons. The van der Waals surface area contributed by atoms with Crippen molar-refractivity contribution in [3.8, 4) is 0 Å². The number of nitrogens with one attached hydrogen (secondary N) is 1. The average molecular weight is 303 g/mol. The topological polar surface area (TPSA) is 53.9 Å². The highest BCUT2D eigenvalue weighted by Gasteiger charge is 2.39. The number of hydrogen-bond donors (Lipinski definition) is 1. The number of rotatable bonds is 4. The minimum atomic E-state index is -0.353. The number of anilines is 1. The highest BCUT2D eigenvalue weighted by Crippen LogP contribution is 2.39. The second-order valence-corrected chi connectivity index (χ2v) is 6.21. The third-order valence-electron chi connectivity index (χ3n) is 3.89. The highest BCUT2D eigenvalue weighted by atomic mass is 16.5. The molecule has 5 nitrogen and oxygen atoms in total. The summed E-state index contributed by atoms with van der Waals surface area (Å²) >= 11 is 0. The summed E-state index contributed by atoms with van der Waals surface area (Å²) in [6.45, 7) is 6.40. The van der Waals surface area contributed by atoms with Gasteiger partial charge in [0.2, 0.25) is 0 Å². The Balaban J connectivity index is 2.42. The van der Waals surface area contributed by atoms with Crippen LogP contribution >= 0.6 is 0 Å². The molecule has 1 aromatic carbocycles. The van der Waals surface area contributed by atoms with Crippen LogP contribution in [0.4, 0.5) is 5.69 Å². The normalized spacial score (nSPS) is 23.8. The van der Waals surface area contributed by atoms with Crippen molar-refractivity contribution >= 4 is 17.9 Å². The number of nitrogens with zero attached hydrogens (tertiary/aromatic N) is 2. The summed E-state index contributed by atoms with van der Waals surface area (Å²) < 4.78 is 5.18. The monoisotopic (exact) mass is 303 g/mol. The summed E-state index contributed by atoms with van der Waals surface area (Å²) in [5.41, 5.74) is 3.02. The Kier molecular flexibility index (Phi) is 4.74. The van der Waals surface area contributed by atoms with Crippen molar-refractivity contribution in [1.29, 1.82) is 0 Å². The van der Waals surface area contributed by atoms with E-state index in [1.54, 1.807) is 5.01 Å². The fourth-order valence-electron chi connectivity index (χ4n) is 2.78. The molecule has 22 heavy (non-hydrogen) atoms. The van der Waals surface area contributed by atoms with Gasteiger partial charge in [-0.25, -0.2) is 4.79 Å². The summed E-state index contributed by atoms with van der Waals surface area (Å²) in [5.74, 6) is -0.210. The van der Waals surface area contributed by atoms with Crippen molar-refractivity contribution in [2.24, 2.45) is 5.10 Å². The van der Waals surface area contributed by atoms with Crippen LogP contribution in [0.5, 0.6) is 0 Å². The van der Waals surface area contributed by atoms with Gasteiger partial charge in [0, 0.05) is 31.4 Å². The van der Waals surface area contributed by atoms with Gasteiger partial charge in [0.15, 0.2) is 0 Å². The Morgan fingerprint density at radius 2 is 2.27 bits per heavy atom. The van der Waals surface area contributed by atoms with E-state index in [2.05, 4.69) is 30.3 Å². The van der Waals surface area contributed by atoms with Crippen LogP contribution in [-0.2, 0) is 14.9 Å². The fraction of sp³-hybridized carbons (Fsp3) is 0.529. The van der Waals surface area contributed by atoms with Crippen molar-refractivity contribution in [2.45, 2.75) is 38.6 Å². The van der Waals surface area contributed by atoms with Gasteiger partial charge in [0.1, 0.15) is 6.04 Å². The lowest BCUT2D eigenvalue weighted by Crippen LogP contribution is -2.44. The van der Waals surface area contributed by atoms with E-state index in [9.17, 15) is 4.79 Å². The van der Waals surface area contributed by atoms with Crippen LogP contribution in [0.25, 0.3) is 0 Å². The first-order valence-corrected chi connectivity index (χ1v) is 7.62. The van der Waals surface area contributed by atoms with Gasteiger partial charge in [-0.3, -0.25) is 0 Å². The van der Waals surface area contributed by atoms with Crippen LogP contribution < -0.4 is 5.32 Å². The lowest BCUT2D eigenvalue weighted by Gasteiger charge is -2.38. The van der Waals surface area contributed by atoms with E-state index < -0.39 is 0 Å². The van der Waals surface area contributed by atoms with E-state index in [-0.39, 0.29) is 17.4 Å². The smallest absolute Gasteiger partial charge is 0.328 e. The molecule has 0 bridgehead atoms. The van der Waals surface area contributed by atoms with Crippen LogP contribution in [-0.4, -0.2) is 43.9 Å². The molecule has 0 unspecified atom stereocenters. The van der Waals surface area contributed by atoms with Gasteiger partial charge in [-0.05, 0) is 31.9 Å². The van der Waals surface area contributed by atoms with E-state index in [1.807, 2.05) is 39.4 Å². The standard InChI is InChI=1S/C17H25N3O2/c1-6-22-16(21)15-10-17(3,11-18-20(4)5)13-9-12(2)7-8-14(13)19-15/h7-9,11,15,19H,6,10H2,1-5H3/b18-11+/t15-,17+/m0/s1. The first-order chi connectivity index (χ1) is 10.4. The molecule has 2 atom stereocenters. The quantitative estimate of drug-likeness (QED) is 0.527. The summed E-state index contributed by atoms with van der Waals surface area (Å²) in [7, 11) is 3.78. The number of aryl methyl sites for hydroxylation is 1. The summed E-state index contributed by atoms with van der Waals surface area (Å²) in [5, 5.41) is 9.48. The molecule has 0 aliphatic carbocycles. The maximum Gasteiger partial charge on any atom is 0.328 e. The third-order valence-corrected chi connectivity index (χ3v) is 3.89. The molecule has 2 rings (SSSR count). The van der Waals surface area contributed by atoms with E-state index >= 15 is 0 Å². The van der Waals surface area contributed by atoms with Crippen LogP contribution in [0.15, 0.2) is 23.3 Å². The molecule has 0 saturated heterocycles. The fourth-order valence-corrected chi connectivity index (χ4v) is 2.78. The Morgan fingerprint density at radius 1 is 1.55 bits per heavy atom. The third kappa shape index (κ3) is 3.40. The second-order valence-electron chi connectivity index (χ2n) is 6.21. The molecule has 1 aliphatic heterocycles. The molecule has 1 aliphatic rings. The van der Waals surface area contributed by atoms with Gasteiger partial charge in [-0.1, -0.05) is 24.6 Å². The number of fused-ring (bicyclic) bond motifs is 1. The van der Waals surface area contributed by atoms with Crippen molar-refractivity contribution in [1.82, 2.24) is 5.01 Å². The van der Waals surface area contributed by atoms with Crippen molar-refractivity contribution in [3.05, 3.63) is 29.3 Å². The molecular weight excluding hydrogens is 278 g/mol. The number of carbonyl (C=O) groups excluding carboxylic acids is 1. The summed E-state index contributed by atoms with van der Waals surface area (Å²) in [4.78, 5) is 12.2. The Bertz CT molecular complexity index is 583. The van der Waals surface area contributed by atoms with Gasteiger partial charge in [0.25, 0.3) is 0 Å². The van der Waals surface area contributed by atoms with Crippen molar-refractivity contribution in [2.75, 3.05) is 26.0 Å². The maximum atomic E-state index is 12.2. The number of esters is 1. The minimum absolute atomic E-state index is 0.210. The highest BCUT2D eigenvalue weighted by molar-refractivity contribution is 5.86. The molecule has 5 heteroatoms. The molecule has 0 spiro atoms. The molecular formula is C17H25N3O2. The lowest BCUT2D eigenvalue weighted by atomic mass is 9.74. The van der Waals surface area contributed by atoms with Crippen LogP contribution in [0.3, 0.4) is 0 Å². The first-order valence-electron chi connectivity index (χ1n) is 7.62. The molecule has 120 valence electrons. The van der Waals surface area contributed by atoms with E-state index in [0.29, 0.717) is 13.0 Å². The lowest BCUT2D eigenvalue weighted by molar-refractivity contribution is -0.144. The van der Waals surface area contributed by atoms with Gasteiger partial charge >= 0.3 is 5.97 Å². The van der Waals surface area contributed by atoms with Gasteiger partial charge in [-0.2, -0.15) is 5.10 Å². The average Bonchev–Trinajstić information content (AvgIpc) is 2.46. The molecule has 1 N–H and O–H groups in total. The van der Waals surface area contributed by atoms with Gasteiger partial charge in [-0.15, -0.1) is 0 Å². The number of hydrazone groups is 1. The predicted molar refractivity (Wildman–Crippen MR) is 89.4 cm³/mol. The summed E-state index contributed by atoms with van der Waals surface area (Å²) in [6, 6.07) is 5.88. The number of hydrogen-bond acceptors (Lipinski definition) is 5. The van der Waals surface area contributed by atoms with Crippen molar-refractivity contribution in [3.63, 3.8) is 0 Å². The van der Waals surface area contributed by atoms with E-state index in [4.69, 9.17) is 4.74 Å². The Labute approximate surface area is 132 Å². The molecule has 0 amide bonds. The van der Waals surface area contributed by atoms with E-state index in [1.165, 1.54) is 11.1 Å². The van der Waals surface area contributed by atoms with Gasteiger partial charge in [0.05, 0.1) is 6.61 Å². The van der Waals surface area contributed by atoms with Crippen molar-refractivity contribution < 1.29 is 9.53 Å². The summed E-state index contributed by atoms with van der Waals surface area (Å²) in [6.07, 6.45) is 2.55. The number of carbonyl (C=O) groups is 1. The predicted octanol–water partition coefficient (Wildman–Crippen LogP) is 2.55. The molecule has 0 fully saturated rings. The molecule has 0 saturated carbocycles. The molecule has 1 heterocycles. The molecule has 1 aromatic rings. The molecule has 0 aromatic heterocycles. The number of benzene rings is 1. The largest absolute Gasteiger partial charge is 0.464 e. The number of ether oxygens (including phenoxy) is 1. The zero-order valence-corrected chi connectivity index (χ0v) is 14.0. The van der Waals surface area contributed by atoms with Crippen LogP contribution in [0, 0.1) is 6.92 Å².